The maximum Gasteiger partial charge on any atom is 0.243 e. The second-order valence-electron chi connectivity index (χ2n) is 5.55. The number of aliphatic hydroxyl groups excluding tert-OH is 1. The van der Waals surface area contributed by atoms with Gasteiger partial charge in [-0.3, -0.25) is 14.5 Å². The molecule has 3 N–H and O–H groups in total. The molecule has 23 heavy (non-hydrogen) atoms. The van der Waals surface area contributed by atoms with Crippen LogP contribution in [0.15, 0.2) is 29.7 Å². The number of rotatable bonds is 5. The van der Waals surface area contributed by atoms with Crippen molar-refractivity contribution in [3.8, 4) is 10.7 Å². The SMILES string of the molecule is C[C@H](C(=O)N[C@@H]1C=C[C@H](CO)C1)n1c(-c2cccs2)n[nH]c1=S. The zero-order valence-electron chi connectivity index (χ0n) is 12.6. The lowest BCUT2D eigenvalue weighted by molar-refractivity contribution is -0.124. The lowest BCUT2D eigenvalue weighted by atomic mass is 10.1. The van der Waals surface area contributed by atoms with Gasteiger partial charge in [-0.2, -0.15) is 5.10 Å². The number of thiophene rings is 1. The van der Waals surface area contributed by atoms with Crippen LogP contribution in [0.25, 0.3) is 10.7 Å². The summed E-state index contributed by atoms with van der Waals surface area (Å²) >= 11 is 6.83. The minimum Gasteiger partial charge on any atom is -0.396 e. The molecule has 2 aromatic heterocycles. The van der Waals surface area contributed by atoms with Gasteiger partial charge in [0.1, 0.15) is 6.04 Å². The highest BCUT2D eigenvalue weighted by Crippen LogP contribution is 2.26. The molecule has 1 aliphatic carbocycles. The first-order chi connectivity index (χ1) is 11.1. The zero-order valence-corrected chi connectivity index (χ0v) is 14.2. The van der Waals surface area contributed by atoms with Gasteiger partial charge in [0.2, 0.25) is 5.91 Å². The second-order valence-corrected chi connectivity index (χ2v) is 6.89. The predicted octanol–water partition coefficient (Wildman–Crippen LogP) is 2.28. The Bertz CT molecular complexity index is 763. The topological polar surface area (TPSA) is 82.9 Å². The van der Waals surface area contributed by atoms with Crippen LogP contribution < -0.4 is 5.32 Å². The van der Waals surface area contributed by atoms with E-state index in [4.69, 9.17) is 17.3 Å². The van der Waals surface area contributed by atoms with E-state index in [0.717, 1.165) is 11.3 Å². The summed E-state index contributed by atoms with van der Waals surface area (Å²) in [5, 5.41) is 21.1. The number of H-pyrrole nitrogens is 1. The molecule has 0 spiro atoms. The number of amides is 1. The fourth-order valence-corrected chi connectivity index (χ4v) is 3.68. The molecule has 3 rings (SSSR count). The lowest BCUT2D eigenvalue weighted by Crippen LogP contribution is -2.37. The van der Waals surface area contributed by atoms with Crippen molar-refractivity contribution in [3.05, 3.63) is 34.4 Å². The summed E-state index contributed by atoms with van der Waals surface area (Å²) in [5.41, 5.74) is 0. The van der Waals surface area contributed by atoms with Gasteiger partial charge >= 0.3 is 0 Å². The molecular formula is C15H18N4O2S2. The van der Waals surface area contributed by atoms with Gasteiger partial charge in [0.25, 0.3) is 0 Å². The van der Waals surface area contributed by atoms with E-state index in [9.17, 15) is 4.79 Å². The van der Waals surface area contributed by atoms with Crippen molar-refractivity contribution >= 4 is 29.5 Å². The molecule has 0 fully saturated rings. The monoisotopic (exact) mass is 350 g/mol. The molecule has 0 radical (unpaired) electrons. The average Bonchev–Trinajstić information content (AvgIpc) is 3.26. The Balaban J connectivity index is 1.77. The summed E-state index contributed by atoms with van der Waals surface area (Å²) in [6.45, 7) is 1.91. The Hall–Kier alpha value is -1.77. The normalized spacial score (nSPS) is 21.5. The second kappa shape index (κ2) is 6.77. The first-order valence-corrected chi connectivity index (χ1v) is 8.69. The largest absolute Gasteiger partial charge is 0.396 e. The standard InChI is InChI=1S/C15H18N4O2S2/c1-9(14(21)16-11-5-4-10(7-11)8-20)19-13(17-18-15(19)22)12-3-2-6-23-12/h2-6,9-11,20H,7-8H2,1H3,(H,16,21)(H,18,22)/t9-,10+,11-/m1/s1. The Morgan fingerprint density at radius 3 is 3.13 bits per heavy atom. The quantitative estimate of drug-likeness (QED) is 0.571. The summed E-state index contributed by atoms with van der Waals surface area (Å²) < 4.78 is 2.16. The first-order valence-electron chi connectivity index (χ1n) is 7.40. The summed E-state index contributed by atoms with van der Waals surface area (Å²) in [5.74, 6) is 0.671. The van der Waals surface area contributed by atoms with Crippen molar-refractivity contribution < 1.29 is 9.90 Å². The molecule has 8 heteroatoms. The summed E-state index contributed by atoms with van der Waals surface area (Å²) in [6.07, 6.45) is 4.60. The molecule has 0 aromatic carbocycles. The van der Waals surface area contributed by atoms with E-state index < -0.39 is 6.04 Å². The van der Waals surface area contributed by atoms with E-state index in [1.165, 1.54) is 0 Å². The Kier molecular flexibility index (Phi) is 4.74. The van der Waals surface area contributed by atoms with Crippen molar-refractivity contribution in [2.75, 3.05) is 6.61 Å². The van der Waals surface area contributed by atoms with Gasteiger partial charge < -0.3 is 10.4 Å². The molecule has 6 nitrogen and oxygen atoms in total. The smallest absolute Gasteiger partial charge is 0.243 e. The molecule has 0 bridgehead atoms. The van der Waals surface area contributed by atoms with Crippen LogP contribution in [0.5, 0.6) is 0 Å². The highest BCUT2D eigenvalue weighted by molar-refractivity contribution is 7.71. The zero-order chi connectivity index (χ0) is 16.4. The van der Waals surface area contributed by atoms with Crippen molar-refractivity contribution in [2.45, 2.75) is 25.4 Å². The van der Waals surface area contributed by atoms with Crippen molar-refractivity contribution in [1.29, 1.82) is 0 Å². The van der Waals surface area contributed by atoms with Gasteiger partial charge in [-0.25, -0.2) is 0 Å². The van der Waals surface area contributed by atoms with Crippen molar-refractivity contribution in [2.24, 2.45) is 5.92 Å². The highest BCUT2D eigenvalue weighted by atomic mass is 32.1. The van der Waals surface area contributed by atoms with Crippen molar-refractivity contribution in [3.63, 3.8) is 0 Å². The van der Waals surface area contributed by atoms with Crippen LogP contribution in [0, 0.1) is 10.7 Å². The van der Waals surface area contributed by atoms with E-state index in [1.807, 2.05) is 29.7 Å². The third-order valence-electron chi connectivity index (χ3n) is 3.95. The van der Waals surface area contributed by atoms with Crippen LogP contribution >= 0.6 is 23.6 Å². The van der Waals surface area contributed by atoms with Crippen LogP contribution in [0.3, 0.4) is 0 Å². The number of carbonyl (C=O) groups is 1. The lowest BCUT2D eigenvalue weighted by Gasteiger charge is -2.18. The fourth-order valence-electron chi connectivity index (χ4n) is 2.68. The van der Waals surface area contributed by atoms with Crippen molar-refractivity contribution in [1.82, 2.24) is 20.1 Å². The molecule has 0 unspecified atom stereocenters. The number of nitrogens with zero attached hydrogens (tertiary/aromatic N) is 2. The van der Waals surface area contributed by atoms with Gasteiger partial charge in [-0.05, 0) is 37.0 Å². The molecule has 0 aliphatic heterocycles. The number of aliphatic hydroxyl groups is 1. The Morgan fingerprint density at radius 2 is 2.48 bits per heavy atom. The number of aromatic amines is 1. The van der Waals surface area contributed by atoms with E-state index >= 15 is 0 Å². The van der Waals surface area contributed by atoms with Gasteiger partial charge in [-0.15, -0.1) is 11.3 Å². The number of aromatic nitrogens is 3. The van der Waals surface area contributed by atoms with E-state index in [0.29, 0.717) is 10.6 Å². The molecule has 1 aliphatic rings. The number of nitrogens with one attached hydrogen (secondary N) is 2. The van der Waals surface area contributed by atoms with Gasteiger partial charge in [-0.1, -0.05) is 18.2 Å². The minimum absolute atomic E-state index is 0.0478. The summed E-state index contributed by atoms with van der Waals surface area (Å²) in [4.78, 5) is 13.5. The highest BCUT2D eigenvalue weighted by Gasteiger charge is 2.25. The first kappa shape index (κ1) is 16.1. The maximum atomic E-state index is 12.6. The van der Waals surface area contributed by atoms with Gasteiger partial charge in [0, 0.05) is 18.6 Å². The Labute approximate surface area is 142 Å². The molecule has 1 amide bonds. The average molecular weight is 350 g/mol. The molecular weight excluding hydrogens is 332 g/mol. The molecule has 0 saturated carbocycles. The fraction of sp³-hybridized carbons (Fsp3) is 0.400. The van der Waals surface area contributed by atoms with Crippen LogP contribution in [-0.2, 0) is 4.79 Å². The van der Waals surface area contributed by atoms with Gasteiger partial charge in [0.15, 0.2) is 10.6 Å². The third-order valence-corrected chi connectivity index (χ3v) is 5.10. The minimum atomic E-state index is -0.472. The molecule has 2 heterocycles. The number of carbonyl (C=O) groups excluding carboxylic acids is 1. The predicted molar refractivity (Wildman–Crippen MR) is 91.7 cm³/mol. The van der Waals surface area contributed by atoms with E-state index in [-0.39, 0.29) is 24.5 Å². The van der Waals surface area contributed by atoms with Crippen LogP contribution in [0.2, 0.25) is 0 Å². The third kappa shape index (κ3) is 3.29. The van der Waals surface area contributed by atoms with Gasteiger partial charge in [0.05, 0.1) is 4.88 Å². The molecule has 3 atom stereocenters. The Morgan fingerprint density at radius 1 is 1.65 bits per heavy atom. The molecule has 122 valence electrons. The summed E-state index contributed by atoms with van der Waals surface area (Å²) in [7, 11) is 0. The van der Waals surface area contributed by atoms with Crippen LogP contribution in [0.1, 0.15) is 19.4 Å². The van der Waals surface area contributed by atoms with E-state index in [2.05, 4.69) is 15.5 Å². The van der Waals surface area contributed by atoms with Crippen LogP contribution in [0.4, 0.5) is 0 Å². The molecule has 0 saturated heterocycles. The van der Waals surface area contributed by atoms with Crippen LogP contribution in [-0.4, -0.2) is 38.4 Å². The maximum absolute atomic E-state index is 12.6. The molecule has 2 aromatic rings. The summed E-state index contributed by atoms with van der Waals surface area (Å²) in [6, 6.07) is 3.36. The van der Waals surface area contributed by atoms with E-state index in [1.54, 1.807) is 22.8 Å². The number of hydrogen-bond donors (Lipinski definition) is 3. The number of hydrogen-bond acceptors (Lipinski definition) is 5.